The SMILES string of the molecule is NC(CN1CCOCC1)c1ccc2[nH]c(=O)[nH]c2c1. The van der Waals surface area contributed by atoms with E-state index < -0.39 is 0 Å². The van der Waals surface area contributed by atoms with E-state index in [4.69, 9.17) is 10.5 Å². The molecule has 1 saturated heterocycles. The van der Waals surface area contributed by atoms with Gasteiger partial charge < -0.3 is 20.4 Å². The van der Waals surface area contributed by atoms with Crippen LogP contribution in [0.4, 0.5) is 0 Å². The van der Waals surface area contributed by atoms with E-state index in [0.29, 0.717) is 0 Å². The number of imidazole rings is 1. The van der Waals surface area contributed by atoms with Crippen molar-refractivity contribution >= 4 is 11.0 Å². The Morgan fingerprint density at radius 2 is 2.00 bits per heavy atom. The summed E-state index contributed by atoms with van der Waals surface area (Å²) in [5.41, 5.74) is 8.71. The lowest BCUT2D eigenvalue weighted by molar-refractivity contribution is 0.0352. The molecule has 0 spiro atoms. The van der Waals surface area contributed by atoms with Gasteiger partial charge in [0.05, 0.1) is 24.2 Å². The molecule has 0 saturated carbocycles. The number of aromatic amines is 2. The molecule has 0 radical (unpaired) electrons. The molecule has 0 bridgehead atoms. The molecule has 1 atom stereocenters. The molecule has 2 heterocycles. The molecule has 1 aromatic carbocycles. The van der Waals surface area contributed by atoms with Crippen LogP contribution in [0.15, 0.2) is 23.0 Å². The second kappa shape index (κ2) is 5.16. The zero-order valence-electron chi connectivity index (χ0n) is 10.7. The number of fused-ring (bicyclic) bond motifs is 1. The summed E-state index contributed by atoms with van der Waals surface area (Å²) in [6, 6.07) is 5.75. The number of nitrogens with zero attached hydrogens (tertiary/aromatic N) is 1. The van der Waals surface area contributed by atoms with Crippen LogP contribution in [0.3, 0.4) is 0 Å². The van der Waals surface area contributed by atoms with Crippen LogP contribution in [0, 0.1) is 0 Å². The van der Waals surface area contributed by atoms with Crippen molar-refractivity contribution in [3.63, 3.8) is 0 Å². The fourth-order valence-corrected chi connectivity index (χ4v) is 2.45. The van der Waals surface area contributed by atoms with Gasteiger partial charge >= 0.3 is 5.69 Å². The first-order chi connectivity index (χ1) is 9.22. The van der Waals surface area contributed by atoms with Gasteiger partial charge in [-0.2, -0.15) is 0 Å². The molecule has 1 unspecified atom stereocenters. The highest BCUT2D eigenvalue weighted by molar-refractivity contribution is 5.75. The second-order valence-corrected chi connectivity index (χ2v) is 4.90. The number of H-pyrrole nitrogens is 2. The summed E-state index contributed by atoms with van der Waals surface area (Å²) < 4.78 is 5.32. The van der Waals surface area contributed by atoms with Crippen molar-refractivity contribution in [2.45, 2.75) is 6.04 Å². The first-order valence-corrected chi connectivity index (χ1v) is 6.50. The van der Waals surface area contributed by atoms with Gasteiger partial charge in [0, 0.05) is 25.7 Å². The van der Waals surface area contributed by atoms with E-state index in [-0.39, 0.29) is 11.7 Å². The van der Waals surface area contributed by atoms with Gasteiger partial charge in [-0.3, -0.25) is 4.90 Å². The average Bonchev–Trinajstić information content (AvgIpc) is 2.78. The van der Waals surface area contributed by atoms with Gasteiger partial charge in [0.1, 0.15) is 0 Å². The van der Waals surface area contributed by atoms with Crippen molar-refractivity contribution in [1.82, 2.24) is 14.9 Å². The quantitative estimate of drug-likeness (QED) is 0.737. The van der Waals surface area contributed by atoms with Crippen LogP contribution in [-0.4, -0.2) is 47.7 Å². The summed E-state index contributed by atoms with van der Waals surface area (Å²) in [6.07, 6.45) is 0. The van der Waals surface area contributed by atoms with Crippen LogP contribution in [-0.2, 0) is 4.74 Å². The van der Waals surface area contributed by atoms with Crippen molar-refractivity contribution in [3.05, 3.63) is 34.2 Å². The smallest absolute Gasteiger partial charge is 0.323 e. The molecule has 6 nitrogen and oxygen atoms in total. The minimum absolute atomic E-state index is 0.0547. The Labute approximate surface area is 110 Å². The van der Waals surface area contributed by atoms with E-state index in [9.17, 15) is 4.79 Å². The van der Waals surface area contributed by atoms with E-state index in [1.54, 1.807) is 0 Å². The third-order valence-electron chi connectivity index (χ3n) is 3.53. The predicted octanol–water partition coefficient (Wildman–Crippen LogP) is 0.188. The molecule has 19 heavy (non-hydrogen) atoms. The van der Waals surface area contributed by atoms with Crippen molar-refractivity contribution in [2.75, 3.05) is 32.8 Å². The molecule has 1 aromatic heterocycles. The molecule has 0 amide bonds. The van der Waals surface area contributed by atoms with Gasteiger partial charge in [-0.25, -0.2) is 4.79 Å². The number of aromatic nitrogens is 2. The summed E-state index contributed by atoms with van der Waals surface area (Å²) >= 11 is 0. The van der Waals surface area contributed by atoms with Crippen LogP contribution < -0.4 is 11.4 Å². The highest BCUT2D eigenvalue weighted by Gasteiger charge is 2.15. The van der Waals surface area contributed by atoms with E-state index >= 15 is 0 Å². The number of rotatable bonds is 3. The molecule has 3 rings (SSSR count). The normalized spacial score (nSPS) is 18.8. The standard InChI is InChI=1S/C13H18N4O2/c14-10(8-17-3-5-19-6-4-17)9-1-2-11-12(7-9)16-13(18)15-11/h1-2,7,10H,3-6,8,14H2,(H2,15,16,18). The number of hydrogen-bond donors (Lipinski definition) is 3. The Hall–Kier alpha value is -1.63. The maximum atomic E-state index is 11.2. The molecular formula is C13H18N4O2. The van der Waals surface area contributed by atoms with E-state index in [1.165, 1.54) is 0 Å². The summed E-state index contributed by atoms with van der Waals surface area (Å²) in [5, 5.41) is 0. The monoisotopic (exact) mass is 262 g/mol. The molecule has 102 valence electrons. The highest BCUT2D eigenvalue weighted by Crippen LogP contribution is 2.17. The Balaban J connectivity index is 1.76. The lowest BCUT2D eigenvalue weighted by atomic mass is 10.1. The largest absolute Gasteiger partial charge is 0.379 e. The summed E-state index contributed by atoms with van der Waals surface area (Å²) in [4.78, 5) is 19.0. The Bertz CT molecular complexity index is 612. The number of benzene rings is 1. The minimum atomic E-state index is -0.186. The molecule has 1 aliphatic heterocycles. The Morgan fingerprint density at radius 3 is 2.79 bits per heavy atom. The van der Waals surface area contributed by atoms with Gasteiger partial charge in [0.25, 0.3) is 0 Å². The fourth-order valence-electron chi connectivity index (χ4n) is 2.45. The average molecular weight is 262 g/mol. The third kappa shape index (κ3) is 2.70. The number of nitrogens with two attached hydrogens (primary N) is 1. The van der Waals surface area contributed by atoms with Crippen molar-refractivity contribution < 1.29 is 4.74 Å². The first kappa shape index (κ1) is 12.4. The highest BCUT2D eigenvalue weighted by atomic mass is 16.5. The zero-order valence-corrected chi connectivity index (χ0v) is 10.7. The van der Waals surface area contributed by atoms with Gasteiger partial charge in [0.15, 0.2) is 0 Å². The molecule has 0 aliphatic carbocycles. The van der Waals surface area contributed by atoms with Crippen LogP contribution in [0.2, 0.25) is 0 Å². The third-order valence-corrected chi connectivity index (χ3v) is 3.53. The maximum Gasteiger partial charge on any atom is 0.323 e. The maximum absolute atomic E-state index is 11.2. The van der Waals surface area contributed by atoms with Crippen LogP contribution in [0.5, 0.6) is 0 Å². The van der Waals surface area contributed by atoms with Crippen LogP contribution >= 0.6 is 0 Å². The molecular weight excluding hydrogens is 244 g/mol. The molecule has 4 N–H and O–H groups in total. The predicted molar refractivity (Wildman–Crippen MR) is 73.1 cm³/mol. The lowest BCUT2D eigenvalue weighted by Gasteiger charge is -2.29. The number of nitrogens with one attached hydrogen (secondary N) is 2. The van der Waals surface area contributed by atoms with Crippen LogP contribution in [0.25, 0.3) is 11.0 Å². The van der Waals surface area contributed by atoms with Gasteiger partial charge in [-0.1, -0.05) is 6.07 Å². The summed E-state index contributed by atoms with van der Waals surface area (Å²) in [7, 11) is 0. The molecule has 2 aromatic rings. The number of ether oxygens (including phenoxy) is 1. The van der Waals surface area contributed by atoms with Crippen molar-refractivity contribution in [1.29, 1.82) is 0 Å². The second-order valence-electron chi connectivity index (χ2n) is 4.90. The number of hydrogen-bond acceptors (Lipinski definition) is 4. The van der Waals surface area contributed by atoms with E-state index in [2.05, 4.69) is 14.9 Å². The first-order valence-electron chi connectivity index (χ1n) is 6.50. The van der Waals surface area contributed by atoms with E-state index in [0.717, 1.165) is 49.4 Å². The minimum Gasteiger partial charge on any atom is -0.379 e. The topological polar surface area (TPSA) is 87.1 Å². The lowest BCUT2D eigenvalue weighted by Crippen LogP contribution is -2.40. The van der Waals surface area contributed by atoms with Gasteiger partial charge in [-0.05, 0) is 17.7 Å². The van der Waals surface area contributed by atoms with Crippen LogP contribution in [0.1, 0.15) is 11.6 Å². The van der Waals surface area contributed by atoms with E-state index in [1.807, 2.05) is 18.2 Å². The van der Waals surface area contributed by atoms with Crippen molar-refractivity contribution in [3.8, 4) is 0 Å². The number of morpholine rings is 1. The Kier molecular flexibility index (Phi) is 3.37. The molecule has 1 fully saturated rings. The van der Waals surface area contributed by atoms with Gasteiger partial charge in [-0.15, -0.1) is 0 Å². The zero-order chi connectivity index (χ0) is 13.2. The summed E-state index contributed by atoms with van der Waals surface area (Å²) in [6.45, 7) is 4.21. The molecule has 6 heteroatoms. The summed E-state index contributed by atoms with van der Waals surface area (Å²) in [5.74, 6) is 0. The fraction of sp³-hybridized carbons (Fsp3) is 0.462. The van der Waals surface area contributed by atoms with Crippen molar-refractivity contribution in [2.24, 2.45) is 5.73 Å². The van der Waals surface area contributed by atoms with Gasteiger partial charge in [0.2, 0.25) is 0 Å². The molecule has 1 aliphatic rings. The Morgan fingerprint density at radius 1 is 1.26 bits per heavy atom.